The van der Waals surface area contributed by atoms with Crippen LogP contribution in [0.5, 0.6) is 0 Å². The second-order valence-electron chi connectivity index (χ2n) is 10.5. The number of nitrogens with zero attached hydrogens (tertiary/aromatic N) is 1. The van der Waals surface area contributed by atoms with Crippen LogP contribution in [-0.2, 0) is 41.5 Å². The van der Waals surface area contributed by atoms with Crippen molar-refractivity contribution in [3.8, 4) is 0 Å². The van der Waals surface area contributed by atoms with Gasteiger partial charge in [0.05, 0.1) is 0 Å². The average molecular weight is 543 g/mol. The first kappa shape index (κ1) is 28.2. The van der Waals surface area contributed by atoms with E-state index in [-0.39, 0.29) is 23.8 Å². The van der Waals surface area contributed by atoms with Gasteiger partial charge in [0.2, 0.25) is 18.1 Å². The highest BCUT2D eigenvalue weighted by atomic mass is 19.1. The number of benzene rings is 2. The van der Waals surface area contributed by atoms with E-state index in [9.17, 15) is 23.6 Å². The summed E-state index contributed by atoms with van der Waals surface area (Å²) in [6.07, 6.45) is -0.0854. The van der Waals surface area contributed by atoms with Crippen LogP contribution < -0.4 is 5.32 Å². The minimum absolute atomic E-state index is 0.0713. The number of amides is 2. The van der Waals surface area contributed by atoms with Crippen molar-refractivity contribution in [2.45, 2.75) is 71.4 Å². The Bertz CT molecular complexity index is 1260. The molecular weight excluding hydrogens is 510 g/mol. The lowest BCUT2D eigenvalue weighted by Gasteiger charge is -2.44. The summed E-state index contributed by atoms with van der Waals surface area (Å²) in [5, 5.41) is 2.86. The van der Waals surface area contributed by atoms with Crippen molar-refractivity contribution in [1.29, 1.82) is 0 Å². The van der Waals surface area contributed by atoms with E-state index in [0.717, 1.165) is 35.1 Å². The first-order valence-electron chi connectivity index (χ1n) is 13.0. The maximum absolute atomic E-state index is 15.2. The number of hydrogen-bond acceptors (Lipinski definition) is 6. The van der Waals surface area contributed by atoms with Gasteiger partial charge in [0.25, 0.3) is 0 Å². The SMILES string of the molecule is CC(=O)OC(C)OC(=O)[C@@H](c1ccc(F)cc1F)N1C(=O)[C@@H](C2Cc3ccccc3C2)NC(=O)[C@H]1CC(C)C. The molecule has 1 aliphatic carbocycles. The molecule has 208 valence electrons. The third-order valence-electron chi connectivity index (χ3n) is 7.08. The summed E-state index contributed by atoms with van der Waals surface area (Å²) in [7, 11) is 0. The van der Waals surface area contributed by atoms with Crippen molar-refractivity contribution in [2.75, 3.05) is 0 Å². The highest BCUT2D eigenvalue weighted by Crippen LogP contribution is 2.36. The van der Waals surface area contributed by atoms with E-state index in [0.29, 0.717) is 18.9 Å². The average Bonchev–Trinajstić information content (AvgIpc) is 3.27. The fourth-order valence-corrected chi connectivity index (χ4v) is 5.47. The molecule has 0 spiro atoms. The molecule has 4 atom stereocenters. The number of piperazine rings is 1. The largest absolute Gasteiger partial charge is 0.426 e. The van der Waals surface area contributed by atoms with Gasteiger partial charge in [-0.1, -0.05) is 44.2 Å². The Morgan fingerprint density at radius 1 is 1.03 bits per heavy atom. The van der Waals surface area contributed by atoms with E-state index >= 15 is 4.39 Å². The van der Waals surface area contributed by atoms with Crippen LogP contribution in [0.25, 0.3) is 0 Å². The molecule has 0 bridgehead atoms. The standard InChI is InChI=1S/C29H32F2N2O6/c1-15(2)11-24-27(35)32-25(20-12-18-7-5-6-8-19(18)13-20)28(36)33(24)26(22-10-9-21(30)14-23(22)31)29(37)39-17(4)38-16(3)34/h5-10,14-15,17,20,24-26H,11-13H2,1-4H3,(H,32,35)/t17?,24-,25-,26-/m1/s1. The van der Waals surface area contributed by atoms with E-state index in [1.54, 1.807) is 0 Å². The number of esters is 2. The summed E-state index contributed by atoms with van der Waals surface area (Å²) in [6.45, 7) is 6.13. The Morgan fingerprint density at radius 2 is 1.67 bits per heavy atom. The smallest absolute Gasteiger partial charge is 0.336 e. The zero-order valence-corrected chi connectivity index (χ0v) is 22.3. The van der Waals surface area contributed by atoms with Crippen molar-refractivity contribution in [2.24, 2.45) is 11.8 Å². The van der Waals surface area contributed by atoms with E-state index < -0.39 is 59.8 Å². The molecule has 0 saturated carbocycles. The summed E-state index contributed by atoms with van der Waals surface area (Å²) >= 11 is 0. The van der Waals surface area contributed by atoms with Crippen molar-refractivity contribution >= 4 is 23.8 Å². The second kappa shape index (κ2) is 11.5. The zero-order valence-electron chi connectivity index (χ0n) is 22.3. The van der Waals surface area contributed by atoms with Gasteiger partial charge in [-0.15, -0.1) is 0 Å². The zero-order chi connectivity index (χ0) is 28.4. The molecule has 0 aromatic heterocycles. The summed E-state index contributed by atoms with van der Waals surface area (Å²) in [4.78, 5) is 53.7. The van der Waals surface area contributed by atoms with Crippen molar-refractivity contribution < 1.29 is 37.4 Å². The molecule has 2 amide bonds. The van der Waals surface area contributed by atoms with Crippen LogP contribution in [0, 0.1) is 23.5 Å². The lowest BCUT2D eigenvalue weighted by molar-refractivity contribution is -0.190. The molecule has 2 aromatic carbocycles. The summed E-state index contributed by atoms with van der Waals surface area (Å²) in [5.41, 5.74) is 1.80. The minimum Gasteiger partial charge on any atom is -0.426 e. The second-order valence-corrected chi connectivity index (χ2v) is 10.5. The molecule has 1 saturated heterocycles. The number of carbonyl (C=O) groups excluding carboxylic acids is 4. The Morgan fingerprint density at radius 3 is 2.23 bits per heavy atom. The molecule has 10 heteroatoms. The number of halogens is 2. The van der Waals surface area contributed by atoms with Gasteiger partial charge in [0, 0.05) is 25.5 Å². The van der Waals surface area contributed by atoms with Gasteiger partial charge in [-0.05, 0) is 48.3 Å². The third-order valence-corrected chi connectivity index (χ3v) is 7.08. The maximum Gasteiger partial charge on any atom is 0.336 e. The van der Waals surface area contributed by atoms with E-state index in [2.05, 4.69) is 5.32 Å². The van der Waals surface area contributed by atoms with Crippen LogP contribution >= 0.6 is 0 Å². The molecule has 2 aliphatic rings. The molecule has 1 fully saturated rings. The van der Waals surface area contributed by atoms with Gasteiger partial charge < -0.3 is 19.7 Å². The van der Waals surface area contributed by atoms with Crippen LogP contribution in [0.4, 0.5) is 8.78 Å². The normalized spacial score (nSPS) is 20.8. The van der Waals surface area contributed by atoms with Gasteiger partial charge in [0.15, 0.2) is 6.04 Å². The fourth-order valence-electron chi connectivity index (χ4n) is 5.47. The molecule has 0 radical (unpaired) electrons. The summed E-state index contributed by atoms with van der Waals surface area (Å²) < 4.78 is 39.2. The van der Waals surface area contributed by atoms with Gasteiger partial charge in [0.1, 0.15) is 23.7 Å². The summed E-state index contributed by atoms with van der Waals surface area (Å²) in [5.74, 6) is -5.18. The lowest BCUT2D eigenvalue weighted by atomic mass is 9.88. The molecule has 2 aromatic rings. The topological polar surface area (TPSA) is 102 Å². The predicted molar refractivity (Wildman–Crippen MR) is 136 cm³/mol. The number of ether oxygens (including phenoxy) is 2. The minimum atomic E-state index is -1.72. The van der Waals surface area contributed by atoms with Gasteiger partial charge in [-0.2, -0.15) is 0 Å². The first-order valence-corrected chi connectivity index (χ1v) is 13.0. The molecule has 1 aliphatic heterocycles. The van der Waals surface area contributed by atoms with Crippen molar-refractivity contribution in [1.82, 2.24) is 10.2 Å². The molecule has 1 heterocycles. The number of nitrogens with one attached hydrogen (secondary N) is 1. The quantitative estimate of drug-likeness (QED) is 0.404. The monoisotopic (exact) mass is 542 g/mol. The third kappa shape index (κ3) is 6.10. The van der Waals surface area contributed by atoms with Crippen molar-refractivity contribution in [3.63, 3.8) is 0 Å². The highest BCUT2D eigenvalue weighted by molar-refractivity contribution is 5.99. The fraction of sp³-hybridized carbons (Fsp3) is 0.448. The Balaban J connectivity index is 1.77. The highest BCUT2D eigenvalue weighted by Gasteiger charge is 2.50. The van der Waals surface area contributed by atoms with Crippen LogP contribution in [-0.4, -0.2) is 47.0 Å². The van der Waals surface area contributed by atoms with Gasteiger partial charge >= 0.3 is 11.9 Å². The number of fused-ring (bicyclic) bond motifs is 1. The Kier molecular flexibility index (Phi) is 8.32. The van der Waals surface area contributed by atoms with E-state index in [1.165, 1.54) is 6.92 Å². The Hall–Kier alpha value is -3.82. The molecule has 8 nitrogen and oxygen atoms in total. The molecular formula is C29H32F2N2O6. The van der Waals surface area contributed by atoms with Crippen molar-refractivity contribution in [3.05, 3.63) is 70.8 Å². The molecule has 4 rings (SSSR count). The maximum atomic E-state index is 15.2. The van der Waals surface area contributed by atoms with Gasteiger partial charge in [-0.3, -0.25) is 14.4 Å². The van der Waals surface area contributed by atoms with E-state index in [1.807, 2.05) is 38.1 Å². The summed E-state index contributed by atoms with van der Waals surface area (Å²) in [6, 6.07) is 6.54. The number of rotatable bonds is 8. The Labute approximate surface area is 225 Å². The predicted octanol–water partition coefficient (Wildman–Crippen LogP) is 3.61. The number of carbonyl (C=O) groups is 4. The van der Waals surface area contributed by atoms with Gasteiger partial charge in [-0.25, -0.2) is 13.6 Å². The lowest BCUT2D eigenvalue weighted by Crippen LogP contribution is -2.67. The molecule has 39 heavy (non-hydrogen) atoms. The van der Waals surface area contributed by atoms with Crippen LogP contribution in [0.2, 0.25) is 0 Å². The molecule has 1 N–H and O–H groups in total. The van der Waals surface area contributed by atoms with Crippen LogP contribution in [0.1, 0.15) is 56.8 Å². The van der Waals surface area contributed by atoms with E-state index in [4.69, 9.17) is 9.47 Å². The van der Waals surface area contributed by atoms with Crippen LogP contribution in [0.15, 0.2) is 42.5 Å². The van der Waals surface area contributed by atoms with Crippen LogP contribution in [0.3, 0.4) is 0 Å². The first-order chi connectivity index (χ1) is 18.5. The molecule has 1 unspecified atom stereocenters. The number of hydrogen-bond donors (Lipinski definition) is 1.